The maximum Gasteiger partial charge on any atom is 0.285 e. The van der Waals surface area contributed by atoms with Gasteiger partial charge in [0, 0.05) is 28.5 Å². The number of ketones is 2. The fourth-order valence-corrected chi connectivity index (χ4v) is 3.16. The quantitative estimate of drug-likeness (QED) is 0.727. The van der Waals surface area contributed by atoms with E-state index in [2.05, 4.69) is 0 Å². The number of furan rings is 1. The number of allylic oxidation sites excluding steroid dienone is 1. The molecule has 0 amide bonds. The number of carbonyl (C=O) groups is 2. The number of Topliss-reactive ketones (excluding diaryl/α,β-unsaturated/α-hetero) is 2. The molecule has 1 aromatic heterocycles. The second-order valence-corrected chi connectivity index (χ2v) is 5.88. The van der Waals surface area contributed by atoms with Gasteiger partial charge in [-0.2, -0.15) is 0 Å². The molecule has 0 saturated heterocycles. The van der Waals surface area contributed by atoms with Crippen LogP contribution in [-0.2, 0) is 16.0 Å². The van der Waals surface area contributed by atoms with Crippen LogP contribution in [0.1, 0.15) is 37.2 Å². The predicted octanol–water partition coefficient (Wildman–Crippen LogP) is 2.42. The summed E-state index contributed by atoms with van der Waals surface area (Å²) < 4.78 is 5.27. The standard InChI is InChI=1S/C15H16O4/c1-7-4-11(16)13(17)10-5-12-9(6-15(7,10)3)8(2)14(18)19-12/h5,7,18H,4,6H2,1-3H3/t7-,15+/m0/s1. The summed E-state index contributed by atoms with van der Waals surface area (Å²) in [6.45, 7) is 5.82. The van der Waals surface area contributed by atoms with Crippen LogP contribution in [0.25, 0.3) is 6.08 Å². The maximum atomic E-state index is 12.1. The van der Waals surface area contributed by atoms with Crippen LogP contribution in [0.5, 0.6) is 5.95 Å². The molecule has 0 aromatic carbocycles. The Labute approximate surface area is 111 Å². The van der Waals surface area contributed by atoms with E-state index < -0.39 is 5.78 Å². The van der Waals surface area contributed by atoms with Crippen molar-refractivity contribution < 1.29 is 19.1 Å². The Morgan fingerprint density at radius 2 is 2.11 bits per heavy atom. The molecule has 2 atom stereocenters. The van der Waals surface area contributed by atoms with Crippen LogP contribution in [-0.4, -0.2) is 16.7 Å². The average Bonchev–Trinajstić information content (AvgIpc) is 2.62. The van der Waals surface area contributed by atoms with Crippen LogP contribution in [0.4, 0.5) is 0 Å². The molecule has 4 nitrogen and oxygen atoms in total. The summed E-state index contributed by atoms with van der Waals surface area (Å²) in [5.41, 5.74) is 1.84. The van der Waals surface area contributed by atoms with Gasteiger partial charge in [0.05, 0.1) is 0 Å². The van der Waals surface area contributed by atoms with Crippen molar-refractivity contribution in [2.24, 2.45) is 11.3 Å². The third-order valence-electron chi connectivity index (χ3n) is 4.79. The van der Waals surface area contributed by atoms with E-state index in [4.69, 9.17) is 4.42 Å². The van der Waals surface area contributed by atoms with E-state index in [0.29, 0.717) is 24.2 Å². The van der Waals surface area contributed by atoms with Crippen LogP contribution in [0, 0.1) is 18.3 Å². The highest BCUT2D eigenvalue weighted by molar-refractivity contribution is 6.45. The molecule has 2 aliphatic rings. The fraction of sp³-hybridized carbons (Fsp3) is 0.467. The van der Waals surface area contributed by atoms with E-state index in [1.54, 1.807) is 13.0 Å². The van der Waals surface area contributed by atoms with E-state index in [1.807, 2.05) is 13.8 Å². The zero-order valence-corrected chi connectivity index (χ0v) is 11.2. The molecule has 0 aliphatic heterocycles. The molecule has 100 valence electrons. The van der Waals surface area contributed by atoms with Crippen molar-refractivity contribution in [1.82, 2.24) is 0 Å². The molecule has 0 bridgehead atoms. The Kier molecular flexibility index (Phi) is 2.31. The number of hydrogen-bond acceptors (Lipinski definition) is 4. The maximum absolute atomic E-state index is 12.1. The highest BCUT2D eigenvalue weighted by Crippen LogP contribution is 2.50. The topological polar surface area (TPSA) is 67.5 Å². The van der Waals surface area contributed by atoms with Crippen molar-refractivity contribution in [3.8, 4) is 5.95 Å². The zero-order chi connectivity index (χ0) is 13.9. The Balaban J connectivity index is 2.22. The molecule has 0 radical (unpaired) electrons. The van der Waals surface area contributed by atoms with E-state index in [1.165, 1.54) is 0 Å². The van der Waals surface area contributed by atoms with Crippen molar-refractivity contribution in [3.63, 3.8) is 0 Å². The lowest BCUT2D eigenvalue weighted by molar-refractivity contribution is -0.138. The minimum atomic E-state index is -0.403. The van der Waals surface area contributed by atoms with Gasteiger partial charge in [0.25, 0.3) is 5.95 Å². The van der Waals surface area contributed by atoms with Gasteiger partial charge in [-0.05, 0) is 25.3 Å². The molecular formula is C15H16O4. The Hall–Kier alpha value is -1.84. The van der Waals surface area contributed by atoms with Gasteiger partial charge in [-0.25, -0.2) is 0 Å². The average molecular weight is 260 g/mol. The summed E-state index contributed by atoms with van der Waals surface area (Å²) in [6, 6.07) is 0. The molecule has 2 aliphatic carbocycles. The molecule has 1 heterocycles. The molecule has 1 N–H and O–H groups in total. The molecular weight excluding hydrogens is 244 g/mol. The molecule has 3 rings (SSSR count). The highest BCUT2D eigenvalue weighted by Gasteiger charge is 2.48. The number of fused-ring (bicyclic) bond motifs is 2. The Morgan fingerprint density at radius 3 is 2.79 bits per heavy atom. The molecule has 19 heavy (non-hydrogen) atoms. The van der Waals surface area contributed by atoms with Gasteiger partial charge < -0.3 is 9.52 Å². The summed E-state index contributed by atoms with van der Waals surface area (Å²) in [5.74, 6) is -0.214. The smallest absolute Gasteiger partial charge is 0.285 e. The van der Waals surface area contributed by atoms with Crippen LogP contribution in [0.2, 0.25) is 0 Å². The molecule has 1 aromatic rings. The first-order valence-electron chi connectivity index (χ1n) is 6.45. The van der Waals surface area contributed by atoms with Crippen molar-refractivity contribution >= 4 is 17.6 Å². The van der Waals surface area contributed by atoms with Gasteiger partial charge in [-0.15, -0.1) is 0 Å². The van der Waals surface area contributed by atoms with Gasteiger partial charge in [0.2, 0.25) is 11.6 Å². The lowest BCUT2D eigenvalue weighted by Gasteiger charge is -2.42. The Morgan fingerprint density at radius 1 is 1.42 bits per heavy atom. The van der Waals surface area contributed by atoms with Crippen molar-refractivity contribution in [2.75, 3.05) is 0 Å². The monoisotopic (exact) mass is 260 g/mol. The minimum Gasteiger partial charge on any atom is -0.480 e. The van der Waals surface area contributed by atoms with Gasteiger partial charge in [0.15, 0.2) is 0 Å². The van der Waals surface area contributed by atoms with Crippen molar-refractivity contribution in [3.05, 3.63) is 22.5 Å². The third-order valence-corrected chi connectivity index (χ3v) is 4.79. The number of aromatic hydroxyl groups is 1. The third kappa shape index (κ3) is 1.46. The zero-order valence-electron chi connectivity index (χ0n) is 11.2. The van der Waals surface area contributed by atoms with Gasteiger partial charge >= 0.3 is 0 Å². The van der Waals surface area contributed by atoms with Gasteiger partial charge in [-0.1, -0.05) is 13.8 Å². The van der Waals surface area contributed by atoms with E-state index in [9.17, 15) is 14.7 Å². The van der Waals surface area contributed by atoms with E-state index in [0.717, 1.165) is 11.1 Å². The Bertz CT molecular complexity index is 635. The van der Waals surface area contributed by atoms with Crippen LogP contribution >= 0.6 is 0 Å². The van der Waals surface area contributed by atoms with E-state index in [-0.39, 0.29) is 23.1 Å². The summed E-state index contributed by atoms with van der Waals surface area (Å²) in [5, 5.41) is 9.66. The minimum absolute atomic E-state index is 0.101. The van der Waals surface area contributed by atoms with Crippen LogP contribution in [0.3, 0.4) is 0 Å². The highest BCUT2D eigenvalue weighted by atomic mass is 16.5. The molecule has 1 fully saturated rings. The number of carbonyl (C=O) groups excluding carboxylic acids is 2. The number of rotatable bonds is 0. The normalized spacial score (nSPS) is 29.8. The second kappa shape index (κ2) is 3.59. The van der Waals surface area contributed by atoms with Crippen LogP contribution < -0.4 is 0 Å². The first kappa shape index (κ1) is 12.2. The predicted molar refractivity (Wildman–Crippen MR) is 68.7 cm³/mol. The molecule has 0 spiro atoms. The summed E-state index contributed by atoms with van der Waals surface area (Å²) >= 11 is 0. The first-order valence-corrected chi connectivity index (χ1v) is 6.45. The lowest BCUT2D eigenvalue weighted by atomic mass is 9.59. The number of hydrogen-bond donors (Lipinski definition) is 1. The fourth-order valence-electron chi connectivity index (χ4n) is 3.16. The van der Waals surface area contributed by atoms with E-state index >= 15 is 0 Å². The second-order valence-electron chi connectivity index (χ2n) is 5.88. The lowest BCUT2D eigenvalue weighted by Crippen LogP contribution is -2.44. The largest absolute Gasteiger partial charge is 0.480 e. The first-order chi connectivity index (χ1) is 8.84. The molecule has 4 heteroatoms. The molecule has 0 unspecified atom stereocenters. The summed E-state index contributed by atoms with van der Waals surface area (Å²) in [6.07, 6.45) is 2.57. The van der Waals surface area contributed by atoms with Crippen molar-refractivity contribution in [1.29, 1.82) is 0 Å². The van der Waals surface area contributed by atoms with Crippen molar-refractivity contribution in [2.45, 2.75) is 33.6 Å². The molecule has 1 saturated carbocycles. The van der Waals surface area contributed by atoms with Gasteiger partial charge in [0.1, 0.15) is 5.76 Å². The summed E-state index contributed by atoms with van der Waals surface area (Å²) in [4.78, 5) is 23.8. The summed E-state index contributed by atoms with van der Waals surface area (Å²) in [7, 11) is 0. The van der Waals surface area contributed by atoms with Gasteiger partial charge in [-0.3, -0.25) is 9.59 Å². The van der Waals surface area contributed by atoms with Crippen LogP contribution in [0.15, 0.2) is 9.99 Å². The SMILES string of the molecule is Cc1c(O)oc2c1C[C@@]1(C)C(=C2)C(=O)C(=O)C[C@@H]1C.